The summed E-state index contributed by atoms with van der Waals surface area (Å²) >= 11 is 1.43. The number of nitrogens with zero attached hydrogens (tertiary/aromatic N) is 1. The first-order chi connectivity index (χ1) is 14.7. The van der Waals surface area contributed by atoms with Gasteiger partial charge in [0.1, 0.15) is 5.03 Å². The van der Waals surface area contributed by atoms with Crippen molar-refractivity contribution in [2.24, 2.45) is 0 Å². The summed E-state index contributed by atoms with van der Waals surface area (Å²) in [6.45, 7) is 7.62. The van der Waals surface area contributed by atoms with E-state index in [0.29, 0.717) is 16.3 Å². The topological polar surface area (TPSA) is 88.2 Å². The molecule has 0 saturated heterocycles. The first-order valence-corrected chi connectivity index (χ1v) is 12.1. The van der Waals surface area contributed by atoms with Crippen molar-refractivity contribution in [3.8, 4) is 0 Å². The molecular weight excluding hydrogens is 430 g/mol. The first kappa shape index (κ1) is 23.0. The number of anilines is 1. The van der Waals surface area contributed by atoms with Crippen LogP contribution in [0.1, 0.15) is 35.3 Å². The Labute approximate surface area is 187 Å². The number of aromatic nitrogens is 1. The monoisotopic (exact) mass is 455 g/mol. The van der Waals surface area contributed by atoms with E-state index in [1.54, 1.807) is 44.3 Å². The molecule has 3 aromatic rings. The summed E-state index contributed by atoms with van der Waals surface area (Å²) in [5.41, 5.74) is 3.33. The van der Waals surface area contributed by atoms with E-state index in [1.807, 2.05) is 19.1 Å². The molecule has 8 heteroatoms. The summed E-state index contributed by atoms with van der Waals surface area (Å²) in [4.78, 5) is 18.4. The van der Waals surface area contributed by atoms with Crippen molar-refractivity contribution in [3.05, 3.63) is 77.5 Å². The number of sulfonamides is 1. The lowest BCUT2D eigenvalue weighted by Gasteiger charge is -2.12. The molecular formula is C23H25N3O3S2. The average molecular weight is 456 g/mol. The van der Waals surface area contributed by atoms with Gasteiger partial charge >= 0.3 is 0 Å². The van der Waals surface area contributed by atoms with E-state index in [1.165, 1.54) is 35.0 Å². The molecule has 0 atom stereocenters. The first-order valence-electron chi connectivity index (χ1n) is 9.79. The standard InChI is InChI=1S/C23H25N3O3S2/c1-15(2)26-31(28,29)20-11-8-18(9-12-20)25-22(27)21-6-5-13-24-23(21)30-19-10-7-16(3)17(4)14-19/h5-15,26H,1-4H3,(H,25,27). The number of amides is 1. The molecule has 0 unspecified atom stereocenters. The molecule has 0 aliphatic rings. The van der Waals surface area contributed by atoms with Crippen LogP contribution in [-0.4, -0.2) is 25.4 Å². The molecule has 0 saturated carbocycles. The number of benzene rings is 2. The van der Waals surface area contributed by atoms with E-state index in [0.717, 1.165) is 4.90 Å². The minimum Gasteiger partial charge on any atom is -0.322 e. The third-order valence-corrected chi connectivity index (χ3v) is 7.20. The minimum atomic E-state index is -3.58. The Morgan fingerprint density at radius 2 is 1.71 bits per heavy atom. The second-order valence-corrected chi connectivity index (χ2v) is 10.2. The van der Waals surface area contributed by atoms with E-state index < -0.39 is 10.0 Å². The highest BCUT2D eigenvalue weighted by molar-refractivity contribution is 7.99. The summed E-state index contributed by atoms with van der Waals surface area (Å²) in [6, 6.07) is 15.4. The summed E-state index contributed by atoms with van der Waals surface area (Å²) in [6.07, 6.45) is 1.65. The third kappa shape index (κ3) is 5.94. The van der Waals surface area contributed by atoms with Gasteiger partial charge in [-0.2, -0.15) is 0 Å². The van der Waals surface area contributed by atoms with E-state index in [4.69, 9.17) is 0 Å². The van der Waals surface area contributed by atoms with Crippen LogP contribution in [0.15, 0.2) is 75.6 Å². The molecule has 1 aromatic heterocycles. The maximum Gasteiger partial charge on any atom is 0.258 e. The summed E-state index contributed by atoms with van der Waals surface area (Å²) < 4.78 is 27.0. The number of pyridine rings is 1. The van der Waals surface area contributed by atoms with Gasteiger partial charge < -0.3 is 5.32 Å². The molecule has 0 bridgehead atoms. The van der Waals surface area contributed by atoms with Crippen molar-refractivity contribution >= 4 is 33.4 Å². The van der Waals surface area contributed by atoms with Crippen LogP contribution in [0, 0.1) is 13.8 Å². The fourth-order valence-electron chi connectivity index (χ4n) is 2.83. The molecule has 0 spiro atoms. The van der Waals surface area contributed by atoms with Crippen molar-refractivity contribution in [3.63, 3.8) is 0 Å². The highest BCUT2D eigenvalue weighted by Gasteiger charge is 2.17. The Bertz CT molecular complexity index is 1190. The quantitative estimate of drug-likeness (QED) is 0.535. The summed E-state index contributed by atoms with van der Waals surface area (Å²) in [5.74, 6) is -0.310. The number of hydrogen-bond acceptors (Lipinski definition) is 5. The third-order valence-electron chi connectivity index (χ3n) is 4.52. The van der Waals surface area contributed by atoms with Crippen LogP contribution in [0.5, 0.6) is 0 Å². The number of carbonyl (C=O) groups excluding carboxylic acids is 1. The summed E-state index contributed by atoms with van der Waals surface area (Å²) in [7, 11) is -3.58. The summed E-state index contributed by atoms with van der Waals surface area (Å²) in [5, 5.41) is 3.42. The van der Waals surface area contributed by atoms with Gasteiger partial charge in [-0.1, -0.05) is 17.8 Å². The second-order valence-electron chi connectivity index (χ2n) is 7.46. The maximum atomic E-state index is 12.9. The SMILES string of the molecule is Cc1ccc(Sc2ncccc2C(=O)Nc2ccc(S(=O)(=O)NC(C)C)cc2)cc1C. The zero-order valence-corrected chi connectivity index (χ0v) is 19.5. The highest BCUT2D eigenvalue weighted by Crippen LogP contribution is 2.30. The van der Waals surface area contributed by atoms with Gasteiger partial charge in [0.2, 0.25) is 10.0 Å². The molecule has 1 heterocycles. The van der Waals surface area contributed by atoms with Gasteiger partial charge in [0.25, 0.3) is 5.91 Å². The van der Waals surface area contributed by atoms with Crippen LogP contribution in [0.4, 0.5) is 5.69 Å². The normalized spacial score (nSPS) is 11.5. The number of aryl methyl sites for hydroxylation is 2. The molecule has 162 valence electrons. The van der Waals surface area contributed by atoms with E-state index in [2.05, 4.69) is 28.0 Å². The minimum absolute atomic E-state index is 0.145. The fourth-order valence-corrected chi connectivity index (χ4v) is 5.06. The largest absolute Gasteiger partial charge is 0.322 e. The lowest BCUT2D eigenvalue weighted by atomic mass is 10.1. The Kier molecular flexibility index (Phi) is 7.15. The van der Waals surface area contributed by atoms with Gasteiger partial charge in [-0.3, -0.25) is 4.79 Å². The van der Waals surface area contributed by atoms with Gasteiger partial charge in [0.05, 0.1) is 10.5 Å². The Hall–Kier alpha value is -2.68. The van der Waals surface area contributed by atoms with Crippen LogP contribution in [0.25, 0.3) is 0 Å². The van der Waals surface area contributed by atoms with Crippen molar-refractivity contribution in [1.82, 2.24) is 9.71 Å². The van der Waals surface area contributed by atoms with Gasteiger partial charge in [-0.25, -0.2) is 18.1 Å². The average Bonchev–Trinajstić information content (AvgIpc) is 2.70. The molecule has 2 N–H and O–H groups in total. The van der Waals surface area contributed by atoms with Gasteiger partial charge in [0.15, 0.2) is 0 Å². The molecule has 0 fully saturated rings. The predicted octanol–water partition coefficient (Wildman–Crippen LogP) is 4.79. The highest BCUT2D eigenvalue weighted by atomic mass is 32.2. The van der Waals surface area contributed by atoms with Gasteiger partial charge in [-0.05, 0) is 87.4 Å². The molecule has 0 aliphatic heterocycles. The van der Waals surface area contributed by atoms with Gasteiger partial charge in [-0.15, -0.1) is 0 Å². The maximum absolute atomic E-state index is 12.9. The lowest BCUT2D eigenvalue weighted by molar-refractivity contribution is 0.102. The van der Waals surface area contributed by atoms with Crippen LogP contribution in [0.2, 0.25) is 0 Å². The molecule has 6 nitrogen and oxygen atoms in total. The van der Waals surface area contributed by atoms with Crippen molar-refractivity contribution in [2.75, 3.05) is 5.32 Å². The number of carbonyl (C=O) groups is 1. The fraction of sp³-hybridized carbons (Fsp3) is 0.217. The molecule has 2 aromatic carbocycles. The molecule has 0 aliphatic carbocycles. The predicted molar refractivity (Wildman–Crippen MR) is 124 cm³/mol. The van der Waals surface area contributed by atoms with Crippen LogP contribution in [-0.2, 0) is 10.0 Å². The van der Waals surface area contributed by atoms with Crippen LogP contribution >= 0.6 is 11.8 Å². The molecule has 1 amide bonds. The van der Waals surface area contributed by atoms with Gasteiger partial charge in [0, 0.05) is 22.8 Å². The smallest absolute Gasteiger partial charge is 0.258 e. The van der Waals surface area contributed by atoms with E-state index in [-0.39, 0.29) is 16.8 Å². The molecule has 0 radical (unpaired) electrons. The number of nitrogens with one attached hydrogen (secondary N) is 2. The van der Waals surface area contributed by atoms with E-state index >= 15 is 0 Å². The Morgan fingerprint density at radius 1 is 1.00 bits per heavy atom. The van der Waals surface area contributed by atoms with E-state index in [9.17, 15) is 13.2 Å². The Balaban J connectivity index is 1.77. The molecule has 31 heavy (non-hydrogen) atoms. The van der Waals surface area contributed by atoms with Crippen LogP contribution < -0.4 is 10.0 Å². The van der Waals surface area contributed by atoms with Crippen molar-refractivity contribution < 1.29 is 13.2 Å². The van der Waals surface area contributed by atoms with Crippen LogP contribution in [0.3, 0.4) is 0 Å². The lowest BCUT2D eigenvalue weighted by Crippen LogP contribution is -2.30. The zero-order valence-electron chi connectivity index (χ0n) is 17.8. The molecule has 3 rings (SSSR count). The number of rotatable bonds is 7. The second kappa shape index (κ2) is 9.64. The number of hydrogen-bond donors (Lipinski definition) is 2. The Morgan fingerprint density at radius 3 is 2.35 bits per heavy atom. The van der Waals surface area contributed by atoms with Crippen molar-refractivity contribution in [1.29, 1.82) is 0 Å². The zero-order chi connectivity index (χ0) is 22.6. The van der Waals surface area contributed by atoms with Crippen molar-refractivity contribution in [2.45, 2.75) is 48.6 Å².